The maximum Gasteiger partial charge on any atom is 0.254 e. The zero-order valence-electron chi connectivity index (χ0n) is 20.6. The van der Waals surface area contributed by atoms with Gasteiger partial charge in [-0.05, 0) is 47.4 Å². The number of hydrogen-bond donors (Lipinski definition) is 0. The number of rotatable bonds is 10. The molecule has 0 bridgehead atoms. The summed E-state index contributed by atoms with van der Waals surface area (Å²) < 4.78 is 16.3. The Morgan fingerprint density at radius 1 is 0.886 bits per heavy atom. The molecular formula is C29H34N2O4. The molecule has 3 aromatic carbocycles. The second-order valence-corrected chi connectivity index (χ2v) is 8.67. The number of hydrogen-bond acceptors (Lipinski definition) is 5. The number of benzene rings is 3. The summed E-state index contributed by atoms with van der Waals surface area (Å²) in [7, 11) is 3.25. The monoisotopic (exact) mass is 474 g/mol. The van der Waals surface area contributed by atoms with E-state index >= 15 is 0 Å². The van der Waals surface area contributed by atoms with E-state index in [4.69, 9.17) is 14.2 Å². The van der Waals surface area contributed by atoms with Crippen molar-refractivity contribution in [2.24, 2.45) is 0 Å². The van der Waals surface area contributed by atoms with Crippen molar-refractivity contribution in [1.82, 2.24) is 9.80 Å². The molecule has 184 valence electrons. The molecule has 0 atom stereocenters. The molecule has 0 spiro atoms. The van der Waals surface area contributed by atoms with Crippen molar-refractivity contribution in [1.29, 1.82) is 0 Å². The molecule has 4 rings (SSSR count). The van der Waals surface area contributed by atoms with E-state index in [2.05, 4.69) is 17.0 Å². The lowest BCUT2D eigenvalue weighted by atomic mass is 10.0. The molecule has 1 saturated heterocycles. The lowest BCUT2D eigenvalue weighted by Crippen LogP contribution is -2.39. The van der Waals surface area contributed by atoms with Gasteiger partial charge in [0.1, 0.15) is 0 Å². The van der Waals surface area contributed by atoms with Gasteiger partial charge in [-0.3, -0.25) is 9.69 Å². The van der Waals surface area contributed by atoms with Crippen molar-refractivity contribution in [3.63, 3.8) is 0 Å². The van der Waals surface area contributed by atoms with Gasteiger partial charge in [-0.25, -0.2) is 0 Å². The van der Waals surface area contributed by atoms with Crippen LogP contribution in [0.2, 0.25) is 0 Å². The predicted molar refractivity (Wildman–Crippen MR) is 138 cm³/mol. The van der Waals surface area contributed by atoms with Crippen LogP contribution in [0.25, 0.3) is 11.1 Å². The summed E-state index contributed by atoms with van der Waals surface area (Å²) in [6, 6.07) is 23.9. The van der Waals surface area contributed by atoms with E-state index in [0.717, 1.165) is 56.0 Å². The van der Waals surface area contributed by atoms with Gasteiger partial charge in [-0.15, -0.1) is 0 Å². The number of morpholine rings is 1. The van der Waals surface area contributed by atoms with Gasteiger partial charge in [-0.1, -0.05) is 48.5 Å². The largest absolute Gasteiger partial charge is 0.493 e. The molecule has 0 saturated carbocycles. The molecule has 6 heteroatoms. The minimum Gasteiger partial charge on any atom is -0.493 e. The number of methoxy groups -OCH3 is 2. The highest BCUT2D eigenvalue weighted by molar-refractivity contribution is 5.94. The summed E-state index contributed by atoms with van der Waals surface area (Å²) in [4.78, 5) is 17.9. The SMILES string of the molecule is COc1ccc(CN(CCCN2CCOCC2)C(=O)c2ccc(-c3ccccc3)cc2)cc1OC. The van der Waals surface area contributed by atoms with E-state index in [1.807, 2.05) is 65.6 Å². The number of carbonyl (C=O) groups excluding carboxylic acids is 1. The quantitative estimate of drug-likeness (QED) is 0.425. The van der Waals surface area contributed by atoms with Crippen molar-refractivity contribution < 1.29 is 19.0 Å². The first-order valence-electron chi connectivity index (χ1n) is 12.1. The minimum atomic E-state index is 0.0291. The van der Waals surface area contributed by atoms with Gasteiger partial charge in [0.2, 0.25) is 0 Å². The maximum absolute atomic E-state index is 13.6. The van der Waals surface area contributed by atoms with E-state index in [1.165, 1.54) is 0 Å². The van der Waals surface area contributed by atoms with Crippen molar-refractivity contribution >= 4 is 5.91 Å². The number of nitrogens with zero attached hydrogens (tertiary/aromatic N) is 2. The first kappa shape index (κ1) is 24.8. The Hall–Kier alpha value is -3.35. The van der Waals surface area contributed by atoms with Crippen LogP contribution < -0.4 is 9.47 Å². The van der Waals surface area contributed by atoms with Gasteiger partial charge in [0.25, 0.3) is 5.91 Å². The molecular weight excluding hydrogens is 440 g/mol. The summed E-state index contributed by atoms with van der Waals surface area (Å²) >= 11 is 0. The number of carbonyl (C=O) groups is 1. The highest BCUT2D eigenvalue weighted by Gasteiger charge is 2.18. The molecule has 1 aliphatic rings. The third kappa shape index (κ3) is 6.62. The Bertz CT molecular complexity index is 1080. The minimum absolute atomic E-state index is 0.0291. The number of amides is 1. The summed E-state index contributed by atoms with van der Waals surface area (Å²) in [5, 5.41) is 0. The molecule has 0 N–H and O–H groups in total. The van der Waals surface area contributed by atoms with E-state index in [0.29, 0.717) is 30.2 Å². The van der Waals surface area contributed by atoms with Crippen molar-refractivity contribution in [2.45, 2.75) is 13.0 Å². The van der Waals surface area contributed by atoms with Crippen LogP contribution in [0.1, 0.15) is 22.3 Å². The molecule has 1 heterocycles. The fourth-order valence-corrected chi connectivity index (χ4v) is 4.38. The van der Waals surface area contributed by atoms with E-state index < -0.39 is 0 Å². The second kappa shape index (κ2) is 12.4. The van der Waals surface area contributed by atoms with Gasteiger partial charge in [0.05, 0.1) is 27.4 Å². The van der Waals surface area contributed by atoms with Gasteiger partial charge in [0, 0.05) is 38.3 Å². The van der Waals surface area contributed by atoms with Crippen LogP contribution in [0.15, 0.2) is 72.8 Å². The second-order valence-electron chi connectivity index (χ2n) is 8.67. The van der Waals surface area contributed by atoms with Crippen LogP contribution in [0.5, 0.6) is 11.5 Å². The Morgan fingerprint density at radius 2 is 1.57 bits per heavy atom. The molecule has 0 aliphatic carbocycles. The Balaban J connectivity index is 1.50. The highest BCUT2D eigenvalue weighted by atomic mass is 16.5. The summed E-state index contributed by atoms with van der Waals surface area (Å²) in [5.41, 5.74) is 3.93. The maximum atomic E-state index is 13.6. The molecule has 1 aliphatic heterocycles. The predicted octanol–water partition coefficient (Wildman–Crippen LogP) is 4.74. The first-order chi connectivity index (χ1) is 17.2. The topological polar surface area (TPSA) is 51.2 Å². The van der Waals surface area contributed by atoms with E-state index in [1.54, 1.807) is 14.2 Å². The summed E-state index contributed by atoms with van der Waals surface area (Å²) in [6.07, 6.45) is 0.904. The van der Waals surface area contributed by atoms with Crippen LogP contribution in [0, 0.1) is 0 Å². The fraction of sp³-hybridized carbons (Fsp3) is 0.345. The van der Waals surface area contributed by atoms with Crippen LogP contribution in [-0.2, 0) is 11.3 Å². The normalized spacial score (nSPS) is 13.9. The van der Waals surface area contributed by atoms with E-state index in [9.17, 15) is 4.79 Å². The molecule has 1 fully saturated rings. The Morgan fingerprint density at radius 3 is 2.26 bits per heavy atom. The average Bonchev–Trinajstić information content (AvgIpc) is 2.93. The fourth-order valence-electron chi connectivity index (χ4n) is 4.38. The van der Waals surface area contributed by atoms with Crippen LogP contribution >= 0.6 is 0 Å². The first-order valence-corrected chi connectivity index (χ1v) is 12.1. The lowest BCUT2D eigenvalue weighted by Gasteiger charge is -2.28. The Labute approximate surface area is 208 Å². The highest BCUT2D eigenvalue weighted by Crippen LogP contribution is 2.28. The Kier molecular flexibility index (Phi) is 8.76. The van der Waals surface area contributed by atoms with Crippen LogP contribution in [0.4, 0.5) is 0 Å². The van der Waals surface area contributed by atoms with E-state index in [-0.39, 0.29) is 5.91 Å². The van der Waals surface area contributed by atoms with Gasteiger partial charge in [0.15, 0.2) is 11.5 Å². The molecule has 0 aromatic heterocycles. The van der Waals surface area contributed by atoms with Crippen LogP contribution in [0.3, 0.4) is 0 Å². The molecule has 3 aromatic rings. The lowest BCUT2D eigenvalue weighted by molar-refractivity contribution is 0.0355. The van der Waals surface area contributed by atoms with Crippen molar-refractivity contribution in [2.75, 3.05) is 53.6 Å². The molecule has 0 unspecified atom stereocenters. The van der Waals surface area contributed by atoms with Gasteiger partial charge < -0.3 is 19.1 Å². The molecule has 35 heavy (non-hydrogen) atoms. The average molecular weight is 475 g/mol. The standard InChI is InChI=1S/C29H34N2O4/c1-33-27-14-9-23(21-28(27)34-2)22-31(16-6-15-30-17-19-35-20-18-30)29(32)26-12-10-25(11-13-26)24-7-4-3-5-8-24/h3-5,7-14,21H,6,15-20,22H2,1-2H3. The number of ether oxygens (including phenoxy) is 3. The zero-order valence-corrected chi connectivity index (χ0v) is 20.6. The molecule has 0 radical (unpaired) electrons. The molecule has 1 amide bonds. The summed E-state index contributed by atoms with van der Waals surface area (Å²) in [5.74, 6) is 1.37. The summed E-state index contributed by atoms with van der Waals surface area (Å²) in [6.45, 7) is 5.58. The molecule has 6 nitrogen and oxygen atoms in total. The van der Waals surface area contributed by atoms with Crippen molar-refractivity contribution in [3.05, 3.63) is 83.9 Å². The van der Waals surface area contributed by atoms with Gasteiger partial charge >= 0.3 is 0 Å². The smallest absolute Gasteiger partial charge is 0.254 e. The third-order valence-electron chi connectivity index (χ3n) is 6.35. The van der Waals surface area contributed by atoms with Gasteiger partial charge in [-0.2, -0.15) is 0 Å². The third-order valence-corrected chi connectivity index (χ3v) is 6.35. The van der Waals surface area contributed by atoms with Crippen molar-refractivity contribution in [3.8, 4) is 22.6 Å². The van der Waals surface area contributed by atoms with Crippen LogP contribution in [-0.4, -0.2) is 69.3 Å². The zero-order chi connectivity index (χ0) is 24.5.